The Labute approximate surface area is 230 Å². The van der Waals surface area contributed by atoms with Crippen molar-refractivity contribution in [2.45, 2.75) is 39.3 Å². The van der Waals surface area contributed by atoms with Gasteiger partial charge in [0.1, 0.15) is 6.61 Å². The molecule has 2 amide bonds. The molecule has 3 aromatic carbocycles. The fourth-order valence-electron chi connectivity index (χ4n) is 4.71. The maximum Gasteiger partial charge on any atom is 0.323 e. The Morgan fingerprint density at radius 3 is 1.95 bits per heavy atom. The van der Waals surface area contributed by atoms with Crippen LogP contribution in [0.25, 0.3) is 0 Å². The number of nitro groups is 1. The van der Waals surface area contributed by atoms with Gasteiger partial charge in [0, 0.05) is 18.2 Å². The van der Waals surface area contributed by atoms with Gasteiger partial charge in [0.2, 0.25) is 0 Å². The second-order valence-electron chi connectivity index (χ2n) is 9.63. The summed E-state index contributed by atoms with van der Waals surface area (Å²) in [6, 6.07) is 20.2. The number of amides is 2. The summed E-state index contributed by atoms with van der Waals surface area (Å²) in [6.07, 6.45) is -0.0533. The highest BCUT2D eigenvalue weighted by atomic mass is 16.6. The predicted octanol–water partition coefficient (Wildman–Crippen LogP) is 4.51. The summed E-state index contributed by atoms with van der Waals surface area (Å²) in [5.41, 5.74) is -0.198. The van der Waals surface area contributed by atoms with Crippen LogP contribution in [-0.2, 0) is 32.1 Å². The minimum atomic E-state index is -1.87. The van der Waals surface area contributed by atoms with Gasteiger partial charge < -0.3 is 9.47 Å². The first kappa shape index (κ1) is 28.2. The number of benzene rings is 3. The normalized spacial score (nSPS) is 14.7. The monoisotopic (exact) mass is 544 g/mol. The van der Waals surface area contributed by atoms with E-state index in [9.17, 15) is 29.3 Å². The molecule has 4 rings (SSSR count). The number of ether oxygens (including phenoxy) is 2. The van der Waals surface area contributed by atoms with Crippen LogP contribution < -0.4 is 0 Å². The van der Waals surface area contributed by atoms with Gasteiger partial charge in [-0.3, -0.25) is 34.2 Å². The first-order valence-corrected chi connectivity index (χ1v) is 12.7. The highest BCUT2D eigenvalue weighted by molar-refractivity contribution is 6.21. The van der Waals surface area contributed by atoms with Crippen molar-refractivity contribution >= 4 is 29.4 Å². The molecule has 206 valence electrons. The fraction of sp³-hybridized carbons (Fsp3) is 0.267. The molecule has 0 saturated carbocycles. The molecular formula is C30H28N2O8. The summed E-state index contributed by atoms with van der Waals surface area (Å²) in [4.78, 5) is 65.0. The van der Waals surface area contributed by atoms with Crippen molar-refractivity contribution in [1.82, 2.24) is 4.90 Å². The highest BCUT2D eigenvalue weighted by Crippen LogP contribution is 2.35. The summed E-state index contributed by atoms with van der Waals surface area (Å²) in [6.45, 7) is 2.73. The van der Waals surface area contributed by atoms with Crippen molar-refractivity contribution in [2.75, 3.05) is 6.61 Å². The fourth-order valence-corrected chi connectivity index (χ4v) is 4.71. The molecule has 40 heavy (non-hydrogen) atoms. The van der Waals surface area contributed by atoms with Crippen LogP contribution in [0.4, 0.5) is 5.69 Å². The van der Waals surface area contributed by atoms with Crippen LogP contribution in [0.1, 0.15) is 52.1 Å². The summed E-state index contributed by atoms with van der Waals surface area (Å²) in [5.74, 6) is -2.77. The molecule has 0 fully saturated rings. The molecule has 2 atom stereocenters. The van der Waals surface area contributed by atoms with Gasteiger partial charge in [0.05, 0.1) is 22.7 Å². The third kappa shape index (κ3) is 5.75. The summed E-state index contributed by atoms with van der Waals surface area (Å²) in [7, 11) is 0. The number of imide groups is 1. The van der Waals surface area contributed by atoms with Crippen molar-refractivity contribution in [3.8, 4) is 0 Å². The number of nitrogens with zero attached hydrogens (tertiary/aromatic N) is 2. The number of esters is 2. The van der Waals surface area contributed by atoms with Gasteiger partial charge in [0.25, 0.3) is 17.5 Å². The van der Waals surface area contributed by atoms with E-state index in [0.717, 1.165) is 10.5 Å². The van der Waals surface area contributed by atoms with Crippen LogP contribution >= 0.6 is 0 Å². The smallest absolute Gasteiger partial charge is 0.323 e. The molecule has 1 aliphatic heterocycles. The number of hydrogen-bond donors (Lipinski definition) is 0. The van der Waals surface area contributed by atoms with Gasteiger partial charge in [-0.25, -0.2) is 0 Å². The molecule has 0 aromatic heterocycles. The second kappa shape index (κ2) is 11.9. The molecule has 1 aliphatic rings. The zero-order valence-electron chi connectivity index (χ0n) is 22.1. The van der Waals surface area contributed by atoms with E-state index >= 15 is 0 Å². The molecule has 0 bridgehead atoms. The zero-order valence-corrected chi connectivity index (χ0v) is 22.1. The van der Waals surface area contributed by atoms with Gasteiger partial charge in [0.15, 0.2) is 5.41 Å². The molecule has 0 spiro atoms. The molecule has 0 radical (unpaired) electrons. The third-order valence-electron chi connectivity index (χ3n) is 6.84. The van der Waals surface area contributed by atoms with Crippen molar-refractivity contribution < 1.29 is 33.6 Å². The van der Waals surface area contributed by atoms with E-state index in [2.05, 4.69) is 0 Å². The molecule has 1 heterocycles. The number of rotatable bonds is 11. The minimum absolute atomic E-state index is 0.000421. The Hall–Kier alpha value is -4.86. The van der Waals surface area contributed by atoms with Crippen LogP contribution in [0.5, 0.6) is 0 Å². The highest BCUT2D eigenvalue weighted by Gasteiger charge is 2.50. The third-order valence-corrected chi connectivity index (χ3v) is 6.84. The predicted molar refractivity (Wildman–Crippen MR) is 143 cm³/mol. The maximum atomic E-state index is 13.5. The average Bonchev–Trinajstić information content (AvgIpc) is 3.21. The van der Waals surface area contributed by atoms with Crippen molar-refractivity contribution in [2.24, 2.45) is 5.41 Å². The topological polar surface area (TPSA) is 133 Å². The molecule has 0 N–H and O–H groups in total. The Morgan fingerprint density at radius 2 is 1.40 bits per heavy atom. The van der Waals surface area contributed by atoms with Gasteiger partial charge in [-0.05, 0) is 62.1 Å². The van der Waals surface area contributed by atoms with E-state index in [4.69, 9.17) is 9.47 Å². The Kier molecular flexibility index (Phi) is 8.37. The molecule has 10 heteroatoms. The molecule has 0 unspecified atom stereocenters. The van der Waals surface area contributed by atoms with E-state index in [0.29, 0.717) is 5.56 Å². The Balaban J connectivity index is 1.64. The van der Waals surface area contributed by atoms with Crippen molar-refractivity contribution in [3.63, 3.8) is 0 Å². The average molecular weight is 545 g/mol. The quantitative estimate of drug-likeness (QED) is 0.113. The van der Waals surface area contributed by atoms with Gasteiger partial charge in [-0.1, -0.05) is 42.5 Å². The lowest BCUT2D eigenvalue weighted by Crippen LogP contribution is -2.49. The lowest BCUT2D eigenvalue weighted by Gasteiger charge is -2.33. The summed E-state index contributed by atoms with van der Waals surface area (Å²) < 4.78 is 10.7. The van der Waals surface area contributed by atoms with Crippen LogP contribution in [0, 0.1) is 15.5 Å². The van der Waals surface area contributed by atoms with E-state index in [-0.39, 0.29) is 42.9 Å². The first-order chi connectivity index (χ1) is 19.2. The summed E-state index contributed by atoms with van der Waals surface area (Å²) >= 11 is 0. The number of nitro benzene ring substituents is 1. The van der Waals surface area contributed by atoms with Crippen molar-refractivity contribution in [1.29, 1.82) is 0 Å². The van der Waals surface area contributed by atoms with Crippen LogP contribution in [-0.4, -0.2) is 46.2 Å². The maximum absolute atomic E-state index is 13.5. The van der Waals surface area contributed by atoms with Crippen molar-refractivity contribution in [3.05, 3.63) is 111 Å². The van der Waals surface area contributed by atoms with Crippen LogP contribution in [0.2, 0.25) is 0 Å². The number of hydrogen-bond acceptors (Lipinski definition) is 8. The molecule has 3 aromatic rings. The molecule has 0 saturated heterocycles. The van der Waals surface area contributed by atoms with Crippen LogP contribution in [0.15, 0.2) is 78.9 Å². The van der Waals surface area contributed by atoms with E-state index in [1.807, 2.05) is 30.3 Å². The first-order valence-electron chi connectivity index (χ1n) is 12.7. The van der Waals surface area contributed by atoms with Crippen LogP contribution in [0.3, 0.4) is 0 Å². The van der Waals surface area contributed by atoms with E-state index in [1.165, 1.54) is 31.2 Å². The summed E-state index contributed by atoms with van der Waals surface area (Å²) in [5, 5.41) is 10.9. The van der Waals surface area contributed by atoms with E-state index in [1.54, 1.807) is 31.2 Å². The Morgan fingerprint density at radius 1 is 0.850 bits per heavy atom. The SMILES string of the molecule is CCOC(=O)[C@](C)(C[C@H](Cc1ccccc1)N1C(=O)c2ccccc2C1=O)C(=O)OCc1ccc([N+](=O)[O-])cc1. The van der Waals surface area contributed by atoms with Gasteiger partial charge >= 0.3 is 11.9 Å². The minimum Gasteiger partial charge on any atom is -0.465 e. The largest absolute Gasteiger partial charge is 0.465 e. The van der Waals surface area contributed by atoms with Gasteiger partial charge in [-0.2, -0.15) is 0 Å². The molecule has 10 nitrogen and oxygen atoms in total. The number of carbonyl (C=O) groups excluding carboxylic acids is 4. The molecular weight excluding hydrogens is 516 g/mol. The zero-order chi connectivity index (χ0) is 28.9. The second-order valence-corrected chi connectivity index (χ2v) is 9.63. The van der Waals surface area contributed by atoms with Gasteiger partial charge in [-0.15, -0.1) is 0 Å². The lowest BCUT2D eigenvalue weighted by atomic mass is 9.81. The number of fused-ring (bicyclic) bond motifs is 1. The Bertz CT molecular complexity index is 1400. The van der Waals surface area contributed by atoms with E-state index < -0.39 is 40.1 Å². The number of non-ortho nitro benzene ring substituents is 1. The standard InChI is InChI=1S/C30H28N2O8/c1-3-39-28(35)30(2,29(36)40-19-21-13-15-22(16-14-21)32(37)38)18-23(17-20-9-5-4-6-10-20)31-26(33)24-11-7-8-12-25(24)27(31)34/h4-16,23H,3,17-19H2,1-2H3/t23-,30-/m0/s1. The lowest BCUT2D eigenvalue weighted by molar-refractivity contribution is -0.384. The number of carbonyl (C=O) groups is 4. The molecule has 0 aliphatic carbocycles.